The number of carboxylic acid groups (broad SMARTS) is 1. The van der Waals surface area contributed by atoms with Gasteiger partial charge >= 0.3 is 5.97 Å². The summed E-state index contributed by atoms with van der Waals surface area (Å²) in [5, 5.41) is 34.7. The van der Waals surface area contributed by atoms with E-state index in [0.717, 1.165) is 16.5 Å². The third-order valence-corrected chi connectivity index (χ3v) is 3.73. The summed E-state index contributed by atoms with van der Waals surface area (Å²) < 4.78 is 1.86. The molecule has 0 aliphatic rings. The van der Waals surface area contributed by atoms with Gasteiger partial charge in [-0.15, -0.1) is 0 Å². The van der Waals surface area contributed by atoms with Crippen LogP contribution in [0.1, 0.15) is 18.9 Å². The minimum atomic E-state index is -0.924. The molecule has 0 radical (unpaired) electrons. The number of benzene rings is 1. The minimum absolute atomic E-state index is 0.181. The number of para-hydroxylation sites is 1. The molecule has 1 aromatic carbocycles. The highest BCUT2D eigenvalue weighted by Crippen LogP contribution is 2.20. The average molecular weight is 319 g/mol. The van der Waals surface area contributed by atoms with E-state index in [4.69, 9.17) is 10.3 Å². The lowest BCUT2D eigenvalue weighted by molar-refractivity contribution is -0.139. The number of rotatable bonds is 8. The van der Waals surface area contributed by atoms with Crippen LogP contribution in [0.2, 0.25) is 0 Å². The van der Waals surface area contributed by atoms with Crippen molar-refractivity contribution in [3.63, 3.8) is 0 Å². The summed E-state index contributed by atoms with van der Waals surface area (Å²) in [7, 11) is 0. The van der Waals surface area contributed by atoms with Gasteiger partial charge in [-0.3, -0.25) is 4.79 Å². The van der Waals surface area contributed by atoms with Gasteiger partial charge in [-0.1, -0.05) is 30.3 Å². The lowest BCUT2D eigenvalue weighted by atomic mass is 10.2. The van der Waals surface area contributed by atoms with Crippen molar-refractivity contribution in [3.05, 3.63) is 36.0 Å². The van der Waals surface area contributed by atoms with Gasteiger partial charge in [0.1, 0.15) is 6.04 Å². The number of nitrogens with one attached hydrogen (secondary N) is 1. The smallest absolute Gasteiger partial charge is 0.320 e. The largest absolute Gasteiger partial charge is 0.480 e. The quantitative estimate of drug-likeness (QED) is 0.333. The van der Waals surface area contributed by atoms with Gasteiger partial charge in [-0.2, -0.15) is 0 Å². The first-order valence-electron chi connectivity index (χ1n) is 7.46. The number of carboxylic acids is 1. The molecule has 0 fully saturated rings. The van der Waals surface area contributed by atoms with E-state index in [1.807, 2.05) is 28.8 Å². The lowest BCUT2D eigenvalue weighted by Gasteiger charge is -2.17. The van der Waals surface area contributed by atoms with Crippen LogP contribution in [0, 0.1) is 0 Å². The van der Waals surface area contributed by atoms with Crippen molar-refractivity contribution >= 4 is 23.1 Å². The summed E-state index contributed by atoms with van der Waals surface area (Å²) >= 11 is 0. The summed E-state index contributed by atoms with van der Waals surface area (Å²) in [6.45, 7) is 2.27. The maximum absolute atomic E-state index is 11.0. The zero-order chi connectivity index (χ0) is 16.8. The van der Waals surface area contributed by atoms with Crippen LogP contribution in [-0.4, -0.2) is 50.9 Å². The molecule has 1 aromatic heterocycles. The fourth-order valence-electron chi connectivity index (χ4n) is 2.57. The number of aromatic nitrogens is 1. The molecule has 0 aliphatic carbocycles. The molecule has 4 N–H and O–H groups in total. The highest BCUT2D eigenvalue weighted by Gasteiger charge is 2.16. The molecular weight excluding hydrogens is 298 g/mol. The molecule has 2 unspecified atom stereocenters. The van der Waals surface area contributed by atoms with Gasteiger partial charge in [0.15, 0.2) is 0 Å². The normalized spacial score (nSPS) is 14.3. The fourth-order valence-corrected chi connectivity index (χ4v) is 2.57. The van der Waals surface area contributed by atoms with E-state index in [1.165, 1.54) is 6.21 Å². The van der Waals surface area contributed by atoms with Crippen LogP contribution < -0.4 is 5.32 Å². The molecule has 124 valence electrons. The number of carbonyl (C=O) groups is 1. The minimum Gasteiger partial charge on any atom is -0.480 e. The van der Waals surface area contributed by atoms with Crippen LogP contribution in [0.4, 0.5) is 0 Å². The first-order chi connectivity index (χ1) is 11.1. The van der Waals surface area contributed by atoms with Gasteiger partial charge < -0.3 is 25.3 Å². The van der Waals surface area contributed by atoms with E-state index in [0.29, 0.717) is 13.0 Å². The van der Waals surface area contributed by atoms with Crippen molar-refractivity contribution in [1.82, 2.24) is 9.88 Å². The van der Waals surface area contributed by atoms with Crippen LogP contribution in [-0.2, 0) is 11.3 Å². The summed E-state index contributed by atoms with van der Waals surface area (Å²) in [4.78, 5) is 11.0. The topological polar surface area (TPSA) is 107 Å². The first-order valence-corrected chi connectivity index (χ1v) is 7.46. The molecule has 1 heterocycles. The Morgan fingerprint density at radius 1 is 1.43 bits per heavy atom. The Kier molecular flexibility index (Phi) is 5.72. The standard InChI is InChI=1S/C16H21N3O4/c1-2-14(16(21)22)17-8-12(20)10-19-9-11(7-18-23)13-5-3-4-6-15(13)19/h3-7,9,12,14,17,20,23H,2,8,10H2,1H3,(H,21,22)/b18-7+. The molecule has 0 aliphatic heterocycles. The SMILES string of the molecule is CCC(NCC(O)Cn1cc(/C=N/O)c2ccccc21)C(=O)O. The van der Waals surface area contributed by atoms with Crippen molar-refractivity contribution in [2.75, 3.05) is 6.54 Å². The Morgan fingerprint density at radius 2 is 2.17 bits per heavy atom. The molecule has 7 nitrogen and oxygen atoms in total. The number of aliphatic hydroxyl groups excluding tert-OH is 1. The lowest BCUT2D eigenvalue weighted by Crippen LogP contribution is -2.41. The van der Waals surface area contributed by atoms with Gasteiger partial charge in [0.25, 0.3) is 0 Å². The molecule has 2 rings (SSSR count). The van der Waals surface area contributed by atoms with E-state index in [2.05, 4.69) is 10.5 Å². The molecule has 2 atom stereocenters. The number of nitrogens with zero attached hydrogens (tertiary/aromatic N) is 2. The Balaban J connectivity index is 2.10. The first kappa shape index (κ1) is 17.0. The van der Waals surface area contributed by atoms with E-state index < -0.39 is 18.1 Å². The van der Waals surface area contributed by atoms with Crippen molar-refractivity contribution in [2.24, 2.45) is 5.16 Å². The van der Waals surface area contributed by atoms with Crippen LogP contribution in [0.15, 0.2) is 35.6 Å². The summed E-state index contributed by atoms with van der Waals surface area (Å²) in [6.07, 6.45) is 2.85. The number of aliphatic carboxylic acids is 1. The molecule has 7 heteroatoms. The molecular formula is C16H21N3O4. The Morgan fingerprint density at radius 3 is 2.83 bits per heavy atom. The fraction of sp³-hybridized carbons (Fsp3) is 0.375. The summed E-state index contributed by atoms with van der Waals surface area (Å²) in [5.41, 5.74) is 1.66. The van der Waals surface area contributed by atoms with E-state index in [-0.39, 0.29) is 6.54 Å². The third-order valence-electron chi connectivity index (χ3n) is 3.73. The molecule has 0 bridgehead atoms. The number of fused-ring (bicyclic) bond motifs is 1. The van der Waals surface area contributed by atoms with Crippen LogP contribution in [0.5, 0.6) is 0 Å². The number of hydrogen-bond acceptors (Lipinski definition) is 5. The van der Waals surface area contributed by atoms with Crippen LogP contribution >= 0.6 is 0 Å². The Hall–Kier alpha value is -2.38. The van der Waals surface area contributed by atoms with Crippen molar-refractivity contribution < 1.29 is 20.2 Å². The highest BCUT2D eigenvalue weighted by atomic mass is 16.4. The molecule has 23 heavy (non-hydrogen) atoms. The van der Waals surface area contributed by atoms with Gasteiger partial charge in [0.05, 0.1) is 12.3 Å². The number of aliphatic hydroxyl groups is 1. The second kappa shape index (κ2) is 7.75. The Labute approximate surface area is 133 Å². The van der Waals surface area contributed by atoms with E-state index in [1.54, 1.807) is 13.1 Å². The maximum Gasteiger partial charge on any atom is 0.320 e. The monoisotopic (exact) mass is 319 g/mol. The van der Waals surface area contributed by atoms with Gasteiger partial charge in [0.2, 0.25) is 0 Å². The van der Waals surface area contributed by atoms with Crippen LogP contribution in [0.3, 0.4) is 0 Å². The molecule has 0 saturated carbocycles. The molecule has 0 saturated heterocycles. The average Bonchev–Trinajstić information content (AvgIpc) is 2.86. The van der Waals surface area contributed by atoms with Gasteiger partial charge in [-0.05, 0) is 12.5 Å². The van der Waals surface area contributed by atoms with Gasteiger partial charge in [-0.25, -0.2) is 0 Å². The second-order valence-electron chi connectivity index (χ2n) is 5.36. The van der Waals surface area contributed by atoms with Crippen molar-refractivity contribution in [3.8, 4) is 0 Å². The molecule has 2 aromatic rings. The number of oxime groups is 1. The van der Waals surface area contributed by atoms with E-state index in [9.17, 15) is 9.90 Å². The zero-order valence-corrected chi connectivity index (χ0v) is 12.9. The molecule has 0 spiro atoms. The highest BCUT2D eigenvalue weighted by molar-refractivity contribution is 5.99. The van der Waals surface area contributed by atoms with Crippen molar-refractivity contribution in [1.29, 1.82) is 0 Å². The Bertz CT molecular complexity index is 696. The van der Waals surface area contributed by atoms with Gasteiger partial charge in [0, 0.05) is 35.8 Å². The predicted octanol–water partition coefficient (Wildman–Crippen LogP) is 1.26. The molecule has 0 amide bonds. The van der Waals surface area contributed by atoms with Crippen molar-refractivity contribution in [2.45, 2.75) is 32.0 Å². The summed E-state index contributed by atoms with van der Waals surface area (Å²) in [6, 6.07) is 6.93. The summed E-state index contributed by atoms with van der Waals surface area (Å²) in [5.74, 6) is -0.924. The predicted molar refractivity (Wildman–Crippen MR) is 87.0 cm³/mol. The van der Waals surface area contributed by atoms with Crippen LogP contribution in [0.25, 0.3) is 10.9 Å². The second-order valence-corrected chi connectivity index (χ2v) is 5.36. The zero-order valence-electron chi connectivity index (χ0n) is 12.9. The maximum atomic E-state index is 11.0. The van der Waals surface area contributed by atoms with E-state index >= 15 is 0 Å². The third kappa shape index (κ3) is 4.08. The number of hydrogen-bond donors (Lipinski definition) is 4.